The standard InChI is InChI=1S/C17H17F3N6O4/c1-29-16-12(9-30-25-16)15(28)22-7-11-8-26-13(24-11)4-10(6-23-26)5-21-14(27)2-3-17(18,19)20/h4,6,8-9H,2-3,5,7H2,1H3,(H,21,27)(H,22,28). The van der Waals surface area contributed by atoms with Gasteiger partial charge in [0.2, 0.25) is 5.91 Å². The van der Waals surface area contributed by atoms with E-state index in [0.717, 1.165) is 6.26 Å². The zero-order valence-corrected chi connectivity index (χ0v) is 15.7. The van der Waals surface area contributed by atoms with Crippen molar-refractivity contribution in [1.29, 1.82) is 0 Å². The molecule has 0 fully saturated rings. The van der Waals surface area contributed by atoms with Gasteiger partial charge in [-0.15, -0.1) is 0 Å². The lowest BCUT2D eigenvalue weighted by Crippen LogP contribution is -2.24. The number of halogens is 3. The molecule has 0 aliphatic heterocycles. The lowest BCUT2D eigenvalue weighted by Gasteiger charge is -2.07. The van der Waals surface area contributed by atoms with E-state index >= 15 is 0 Å². The number of aromatic nitrogens is 4. The molecule has 160 valence electrons. The van der Waals surface area contributed by atoms with E-state index in [1.54, 1.807) is 12.3 Å². The van der Waals surface area contributed by atoms with Crippen LogP contribution in [-0.2, 0) is 17.9 Å². The van der Waals surface area contributed by atoms with Crippen LogP contribution in [0.5, 0.6) is 5.88 Å². The first-order valence-corrected chi connectivity index (χ1v) is 8.68. The molecule has 0 radical (unpaired) electrons. The number of nitrogens with one attached hydrogen (secondary N) is 2. The van der Waals surface area contributed by atoms with Crippen LogP contribution in [0.15, 0.2) is 29.2 Å². The molecule has 13 heteroatoms. The third-order valence-corrected chi connectivity index (χ3v) is 3.96. The van der Waals surface area contributed by atoms with Crippen LogP contribution in [0, 0.1) is 0 Å². The van der Waals surface area contributed by atoms with E-state index < -0.39 is 30.8 Å². The molecule has 0 aliphatic carbocycles. The Hall–Kier alpha value is -3.64. The maximum atomic E-state index is 12.1. The van der Waals surface area contributed by atoms with Gasteiger partial charge in [0.15, 0.2) is 5.65 Å². The summed E-state index contributed by atoms with van der Waals surface area (Å²) in [6.45, 7) is 0.118. The average Bonchev–Trinajstić information content (AvgIpc) is 3.34. The predicted molar refractivity (Wildman–Crippen MR) is 94.3 cm³/mol. The van der Waals surface area contributed by atoms with Crippen molar-refractivity contribution in [2.45, 2.75) is 32.1 Å². The van der Waals surface area contributed by atoms with Crippen molar-refractivity contribution in [3.8, 4) is 5.88 Å². The Kier molecular flexibility index (Phi) is 6.18. The van der Waals surface area contributed by atoms with Gasteiger partial charge in [-0.1, -0.05) is 0 Å². The molecule has 3 heterocycles. The monoisotopic (exact) mass is 426 g/mol. The van der Waals surface area contributed by atoms with Gasteiger partial charge in [0.1, 0.15) is 11.8 Å². The van der Waals surface area contributed by atoms with Crippen molar-refractivity contribution in [3.05, 3.63) is 41.5 Å². The van der Waals surface area contributed by atoms with E-state index in [4.69, 9.17) is 9.26 Å². The summed E-state index contributed by atoms with van der Waals surface area (Å²) in [5.74, 6) is -1.10. The Morgan fingerprint density at radius 3 is 2.80 bits per heavy atom. The fourth-order valence-corrected chi connectivity index (χ4v) is 2.48. The van der Waals surface area contributed by atoms with Crippen molar-refractivity contribution in [2.24, 2.45) is 0 Å². The SMILES string of the molecule is COc1nocc1C(=O)NCc1cn2ncc(CNC(=O)CCC(F)(F)F)cc2n1. The van der Waals surface area contributed by atoms with Gasteiger partial charge in [0.25, 0.3) is 11.8 Å². The maximum absolute atomic E-state index is 12.1. The number of carbonyl (C=O) groups excluding carboxylic acids is 2. The molecule has 3 rings (SSSR count). The second-order valence-corrected chi connectivity index (χ2v) is 6.21. The Morgan fingerprint density at radius 2 is 2.07 bits per heavy atom. The largest absolute Gasteiger partial charge is 0.478 e. The van der Waals surface area contributed by atoms with Gasteiger partial charge in [0.05, 0.1) is 38.2 Å². The summed E-state index contributed by atoms with van der Waals surface area (Å²) < 4.78 is 47.5. The van der Waals surface area contributed by atoms with E-state index in [1.807, 2.05) is 0 Å². The number of carbonyl (C=O) groups is 2. The van der Waals surface area contributed by atoms with Crippen LogP contribution in [0.25, 0.3) is 5.65 Å². The molecule has 0 aliphatic rings. The highest BCUT2D eigenvalue weighted by Crippen LogP contribution is 2.21. The van der Waals surface area contributed by atoms with Crippen LogP contribution < -0.4 is 15.4 Å². The second-order valence-electron chi connectivity index (χ2n) is 6.21. The topological polar surface area (TPSA) is 124 Å². The van der Waals surface area contributed by atoms with Crippen LogP contribution in [0.1, 0.15) is 34.5 Å². The van der Waals surface area contributed by atoms with Crippen molar-refractivity contribution in [1.82, 2.24) is 30.4 Å². The zero-order chi connectivity index (χ0) is 21.7. The summed E-state index contributed by atoms with van der Waals surface area (Å²) in [7, 11) is 1.36. The number of alkyl halides is 3. The highest BCUT2D eigenvalue weighted by atomic mass is 19.4. The quantitative estimate of drug-likeness (QED) is 0.561. The smallest absolute Gasteiger partial charge is 0.389 e. The fraction of sp³-hybridized carbons (Fsp3) is 0.353. The summed E-state index contributed by atoms with van der Waals surface area (Å²) in [4.78, 5) is 28.0. The minimum Gasteiger partial charge on any atom is -0.478 e. The fourth-order valence-electron chi connectivity index (χ4n) is 2.48. The molecule has 0 saturated heterocycles. The summed E-state index contributed by atoms with van der Waals surface area (Å²) in [5, 5.41) is 12.7. The van der Waals surface area contributed by atoms with Gasteiger partial charge in [0, 0.05) is 13.0 Å². The van der Waals surface area contributed by atoms with Crippen molar-refractivity contribution in [3.63, 3.8) is 0 Å². The van der Waals surface area contributed by atoms with Crippen LogP contribution in [-0.4, -0.2) is 44.9 Å². The minimum atomic E-state index is -4.38. The van der Waals surface area contributed by atoms with Gasteiger partial charge in [-0.05, 0) is 16.8 Å². The predicted octanol–water partition coefficient (Wildman–Crippen LogP) is 1.61. The zero-order valence-electron chi connectivity index (χ0n) is 15.7. The lowest BCUT2D eigenvalue weighted by atomic mass is 10.2. The van der Waals surface area contributed by atoms with Gasteiger partial charge in [-0.2, -0.15) is 18.3 Å². The van der Waals surface area contributed by atoms with E-state index in [-0.39, 0.29) is 24.5 Å². The number of nitrogens with zero attached hydrogens (tertiary/aromatic N) is 4. The van der Waals surface area contributed by atoms with E-state index in [2.05, 4.69) is 25.9 Å². The molecule has 0 unspecified atom stereocenters. The Balaban J connectivity index is 1.56. The number of hydrogen-bond donors (Lipinski definition) is 2. The van der Waals surface area contributed by atoms with Gasteiger partial charge >= 0.3 is 6.18 Å². The van der Waals surface area contributed by atoms with Crippen LogP contribution in [0.2, 0.25) is 0 Å². The highest BCUT2D eigenvalue weighted by molar-refractivity contribution is 5.95. The third-order valence-electron chi connectivity index (χ3n) is 3.96. The first-order chi connectivity index (χ1) is 14.2. The summed E-state index contributed by atoms with van der Waals surface area (Å²) >= 11 is 0. The molecule has 0 saturated carbocycles. The number of imidazole rings is 1. The van der Waals surface area contributed by atoms with E-state index in [0.29, 0.717) is 16.9 Å². The maximum Gasteiger partial charge on any atom is 0.389 e. The molecular weight excluding hydrogens is 409 g/mol. The van der Waals surface area contributed by atoms with Crippen molar-refractivity contribution < 1.29 is 32.0 Å². The van der Waals surface area contributed by atoms with Gasteiger partial charge < -0.3 is 19.9 Å². The van der Waals surface area contributed by atoms with Crippen molar-refractivity contribution in [2.75, 3.05) is 7.11 Å². The Morgan fingerprint density at radius 1 is 1.27 bits per heavy atom. The number of rotatable bonds is 8. The number of hydrogen-bond acceptors (Lipinski definition) is 7. The summed E-state index contributed by atoms with van der Waals surface area (Å²) in [5.41, 5.74) is 1.67. The molecular formula is C17H17F3N6O4. The normalized spacial score (nSPS) is 11.5. The van der Waals surface area contributed by atoms with Crippen molar-refractivity contribution >= 4 is 17.5 Å². The van der Waals surface area contributed by atoms with Gasteiger partial charge in [-0.25, -0.2) is 9.50 Å². The number of fused-ring (bicyclic) bond motifs is 1. The molecule has 0 aromatic carbocycles. The van der Waals surface area contributed by atoms with Crippen LogP contribution >= 0.6 is 0 Å². The molecule has 0 bridgehead atoms. The highest BCUT2D eigenvalue weighted by Gasteiger charge is 2.27. The van der Waals surface area contributed by atoms with E-state index in [1.165, 1.54) is 17.8 Å². The molecule has 30 heavy (non-hydrogen) atoms. The molecule has 2 N–H and O–H groups in total. The number of methoxy groups -OCH3 is 1. The first kappa shape index (κ1) is 21.1. The molecule has 2 amide bonds. The van der Waals surface area contributed by atoms with E-state index in [9.17, 15) is 22.8 Å². The third kappa shape index (κ3) is 5.46. The molecule has 10 nitrogen and oxygen atoms in total. The average molecular weight is 426 g/mol. The lowest BCUT2D eigenvalue weighted by molar-refractivity contribution is -0.144. The Labute approximate surface area is 167 Å². The Bertz CT molecular complexity index is 1050. The summed E-state index contributed by atoms with van der Waals surface area (Å²) in [6, 6.07) is 1.63. The van der Waals surface area contributed by atoms with Crippen LogP contribution in [0.3, 0.4) is 0 Å². The molecule has 0 spiro atoms. The molecule has 3 aromatic rings. The summed E-state index contributed by atoms with van der Waals surface area (Å²) in [6.07, 6.45) is -1.96. The van der Waals surface area contributed by atoms with Gasteiger partial charge in [-0.3, -0.25) is 9.59 Å². The van der Waals surface area contributed by atoms with Crippen LogP contribution in [0.4, 0.5) is 13.2 Å². The minimum absolute atomic E-state index is 0.0202. The number of ether oxygens (including phenoxy) is 1. The first-order valence-electron chi connectivity index (χ1n) is 8.68. The molecule has 3 aromatic heterocycles. The number of amides is 2. The second kappa shape index (κ2) is 8.80. The molecule has 0 atom stereocenters.